The van der Waals surface area contributed by atoms with Crippen LogP contribution in [0.25, 0.3) is 10.9 Å². The highest BCUT2D eigenvalue weighted by atomic mass is 16.3. The number of unbranched alkanes of at least 4 members (excludes halogenated alkanes) is 2. The van der Waals surface area contributed by atoms with Gasteiger partial charge in [0.15, 0.2) is 5.96 Å². The molecule has 0 aliphatic rings. The third kappa shape index (κ3) is 17.3. The summed E-state index contributed by atoms with van der Waals surface area (Å²) in [5, 5.41) is 35.5. The average Bonchev–Trinajstić information content (AvgIpc) is 3.72. The number of H-pyrrole nitrogens is 1. The standard InChI is InChI=1S/C51H75N13O8/c1-28-20-33(65)21-29(2)36(28)25-43(63-46(68)38(54)13-11-19-58-51(56)57)49(71)61-41(16-8-10-18-53)48(70)64-44(26-37-30(3)22-34(66)23-31(37)4)50(72)60-40(15-7-9-17-52)47(69)62-42(45(55)67)24-32-27-59-39-14-6-5-12-35(32)39/h5-6,12,14,20-23,27,38,40-44,59,65-66H,7-11,13,15-19,24-26,52-54H2,1-4H3,(H2,55,67)(H,60,72)(H,61,71)(H,62,69)(H,63,68)(H,64,70)(H4,56,57,58)/t38-,40+,41+,42+,43+,44+/m1/s1. The Balaban J connectivity index is 1.67. The third-order valence-electron chi connectivity index (χ3n) is 12.7. The maximum absolute atomic E-state index is 14.7. The molecule has 0 saturated carbocycles. The van der Waals surface area contributed by atoms with E-state index in [1.807, 2.05) is 24.3 Å². The number of nitrogens with zero attached hydrogens (tertiary/aromatic N) is 1. The van der Waals surface area contributed by atoms with Gasteiger partial charge in [-0.15, -0.1) is 0 Å². The Hall–Kier alpha value is -7.23. The lowest BCUT2D eigenvalue weighted by Crippen LogP contribution is -2.60. The van der Waals surface area contributed by atoms with Gasteiger partial charge in [0.25, 0.3) is 0 Å². The summed E-state index contributed by atoms with van der Waals surface area (Å²) in [6, 6.07) is 6.31. The molecule has 6 atom stereocenters. The first-order valence-corrected chi connectivity index (χ1v) is 24.4. The van der Waals surface area contributed by atoms with Crippen LogP contribution in [-0.2, 0) is 48.0 Å². The monoisotopic (exact) mass is 998 g/mol. The number of hydrogen-bond donors (Lipinski definition) is 14. The number of fused-ring (bicyclic) bond motifs is 1. The fourth-order valence-electron chi connectivity index (χ4n) is 8.70. The van der Waals surface area contributed by atoms with E-state index in [0.717, 1.165) is 16.5 Å². The first-order chi connectivity index (χ1) is 34.2. The van der Waals surface area contributed by atoms with Gasteiger partial charge in [0.05, 0.1) is 6.04 Å². The van der Waals surface area contributed by atoms with Crippen LogP contribution in [0.15, 0.2) is 59.7 Å². The molecular formula is C51H75N13O8. The van der Waals surface area contributed by atoms with E-state index in [0.29, 0.717) is 72.0 Å². The number of amides is 6. The number of carbonyl (C=O) groups excluding carboxylic acids is 6. The van der Waals surface area contributed by atoms with Crippen molar-refractivity contribution in [2.24, 2.45) is 39.4 Å². The third-order valence-corrected chi connectivity index (χ3v) is 12.7. The highest BCUT2D eigenvalue weighted by Crippen LogP contribution is 2.25. The van der Waals surface area contributed by atoms with Crippen LogP contribution >= 0.6 is 0 Å². The number of hydrogen-bond acceptors (Lipinski definition) is 12. The second kappa shape index (κ2) is 28.0. The zero-order valence-electron chi connectivity index (χ0n) is 41.8. The number of aromatic amines is 1. The second-order valence-corrected chi connectivity index (χ2v) is 18.4. The number of carbonyl (C=O) groups is 6. The SMILES string of the molecule is Cc1cc(O)cc(C)c1C[C@H](NC(=O)[C@H](N)CCCN=C(N)N)C(=O)N[C@@H](CCCCN)C(=O)N[C@@H](Cc1c(C)cc(O)cc1C)C(=O)N[C@@H](CCCCN)C(=O)N[C@@H](Cc1c[nH]c2ccccc12)C(N)=O. The van der Waals surface area contributed by atoms with Gasteiger partial charge < -0.3 is 76.2 Å². The lowest BCUT2D eigenvalue weighted by molar-refractivity contribution is -0.135. The minimum absolute atomic E-state index is 0.000911. The average molecular weight is 998 g/mol. The van der Waals surface area contributed by atoms with Gasteiger partial charge in [-0.2, -0.15) is 0 Å². The van der Waals surface area contributed by atoms with Crippen molar-refractivity contribution in [2.45, 2.75) is 135 Å². The molecule has 72 heavy (non-hydrogen) atoms. The molecule has 0 saturated heterocycles. The van der Waals surface area contributed by atoms with Crippen molar-refractivity contribution in [3.63, 3.8) is 0 Å². The summed E-state index contributed by atoms with van der Waals surface area (Å²) in [4.78, 5) is 91.5. The second-order valence-electron chi connectivity index (χ2n) is 18.4. The molecule has 4 rings (SSSR count). The summed E-state index contributed by atoms with van der Waals surface area (Å²) in [5.74, 6) is -4.41. The van der Waals surface area contributed by atoms with Crippen molar-refractivity contribution >= 4 is 52.3 Å². The van der Waals surface area contributed by atoms with E-state index >= 15 is 0 Å². The Morgan fingerprint density at radius 3 is 1.46 bits per heavy atom. The smallest absolute Gasteiger partial charge is 0.243 e. The zero-order chi connectivity index (χ0) is 53.1. The Morgan fingerprint density at radius 1 is 0.569 bits per heavy atom. The Labute approximate surface area is 420 Å². The van der Waals surface area contributed by atoms with Crippen LogP contribution in [0.3, 0.4) is 0 Å². The summed E-state index contributed by atoms with van der Waals surface area (Å²) in [6.45, 7) is 7.84. The number of aromatic hydroxyl groups is 2. The summed E-state index contributed by atoms with van der Waals surface area (Å²) in [6.07, 6.45) is 4.25. The van der Waals surface area contributed by atoms with Crippen molar-refractivity contribution < 1.29 is 39.0 Å². The number of aliphatic imine (C=N–C) groups is 1. The molecule has 0 aliphatic carbocycles. The van der Waals surface area contributed by atoms with Crippen molar-refractivity contribution in [1.29, 1.82) is 0 Å². The van der Waals surface area contributed by atoms with E-state index in [1.54, 1.807) is 33.9 Å². The van der Waals surface area contributed by atoms with E-state index in [4.69, 9.17) is 34.4 Å². The predicted molar refractivity (Wildman–Crippen MR) is 277 cm³/mol. The number of aryl methyl sites for hydroxylation is 4. The predicted octanol–water partition coefficient (Wildman–Crippen LogP) is 0.389. The molecule has 4 aromatic rings. The van der Waals surface area contributed by atoms with Gasteiger partial charge in [-0.05, 0) is 161 Å². The minimum atomic E-state index is -1.36. The van der Waals surface area contributed by atoms with Crippen molar-refractivity contribution in [1.82, 2.24) is 31.6 Å². The number of rotatable bonds is 29. The van der Waals surface area contributed by atoms with Gasteiger partial charge >= 0.3 is 0 Å². The van der Waals surface area contributed by atoms with Gasteiger partial charge in [0.1, 0.15) is 41.7 Å². The van der Waals surface area contributed by atoms with E-state index in [1.165, 1.54) is 24.3 Å². The fraction of sp³-hybridized carbons (Fsp3) is 0.471. The molecule has 1 aromatic heterocycles. The number of phenolic OH excluding ortho intramolecular Hbond substituents is 2. The summed E-state index contributed by atoms with van der Waals surface area (Å²) >= 11 is 0. The van der Waals surface area contributed by atoms with Crippen molar-refractivity contribution in [2.75, 3.05) is 19.6 Å². The molecule has 3 aromatic carbocycles. The van der Waals surface area contributed by atoms with Crippen LogP contribution < -0.4 is 61.0 Å². The van der Waals surface area contributed by atoms with E-state index in [9.17, 15) is 39.0 Å². The zero-order valence-corrected chi connectivity index (χ0v) is 41.8. The largest absolute Gasteiger partial charge is 0.508 e. The Morgan fingerprint density at radius 2 is 1.00 bits per heavy atom. The molecule has 0 unspecified atom stereocenters. The van der Waals surface area contributed by atoms with Crippen LogP contribution in [0.2, 0.25) is 0 Å². The number of guanidine groups is 1. The Kier molecular flexibility index (Phi) is 22.3. The number of primary amides is 1. The molecule has 1 heterocycles. The molecule has 0 radical (unpaired) electrons. The van der Waals surface area contributed by atoms with E-state index in [-0.39, 0.29) is 69.1 Å². The highest BCUT2D eigenvalue weighted by molar-refractivity contribution is 5.97. The lowest BCUT2D eigenvalue weighted by atomic mass is 9.94. The topological polar surface area (TPSA) is 387 Å². The van der Waals surface area contributed by atoms with Gasteiger partial charge in [-0.3, -0.25) is 33.8 Å². The summed E-state index contributed by atoms with van der Waals surface area (Å²) in [7, 11) is 0. The van der Waals surface area contributed by atoms with E-state index < -0.39 is 71.7 Å². The van der Waals surface area contributed by atoms with Crippen LogP contribution in [-0.4, -0.2) is 112 Å². The number of para-hydroxylation sites is 1. The van der Waals surface area contributed by atoms with Crippen LogP contribution in [0, 0.1) is 27.7 Å². The first kappa shape index (κ1) is 57.3. The van der Waals surface area contributed by atoms with Gasteiger partial charge in [-0.25, -0.2) is 0 Å². The molecule has 0 aliphatic heterocycles. The van der Waals surface area contributed by atoms with E-state index in [2.05, 4.69) is 36.6 Å². The van der Waals surface area contributed by atoms with Gasteiger partial charge in [0.2, 0.25) is 35.4 Å². The molecule has 0 fully saturated rings. The molecule has 0 spiro atoms. The molecule has 21 nitrogen and oxygen atoms in total. The molecule has 20 N–H and O–H groups in total. The summed E-state index contributed by atoms with van der Waals surface area (Å²) in [5.41, 5.74) is 40.0. The number of phenols is 2. The highest BCUT2D eigenvalue weighted by Gasteiger charge is 2.34. The van der Waals surface area contributed by atoms with Gasteiger partial charge in [-0.1, -0.05) is 18.2 Å². The quantitative estimate of drug-likeness (QED) is 0.0199. The molecule has 21 heteroatoms. The maximum atomic E-state index is 14.7. The first-order valence-electron chi connectivity index (χ1n) is 24.4. The molecule has 6 amide bonds. The fourth-order valence-corrected chi connectivity index (χ4v) is 8.70. The number of nitrogens with one attached hydrogen (secondary N) is 6. The lowest BCUT2D eigenvalue weighted by Gasteiger charge is -2.28. The number of nitrogens with two attached hydrogens (primary N) is 6. The van der Waals surface area contributed by atoms with Gasteiger partial charge in [0, 0.05) is 42.9 Å². The van der Waals surface area contributed by atoms with Crippen molar-refractivity contribution in [3.05, 3.63) is 93.7 Å². The molecule has 0 bridgehead atoms. The molecular weight excluding hydrogens is 923 g/mol. The maximum Gasteiger partial charge on any atom is 0.243 e. The minimum Gasteiger partial charge on any atom is -0.508 e. The van der Waals surface area contributed by atoms with Crippen LogP contribution in [0.4, 0.5) is 0 Å². The van der Waals surface area contributed by atoms with Crippen LogP contribution in [0.1, 0.15) is 90.3 Å². The van der Waals surface area contributed by atoms with Crippen molar-refractivity contribution in [3.8, 4) is 11.5 Å². The molecule has 392 valence electrons. The number of aromatic nitrogens is 1. The summed E-state index contributed by atoms with van der Waals surface area (Å²) < 4.78 is 0. The number of benzene rings is 3. The Bertz CT molecular complexity index is 2500. The van der Waals surface area contributed by atoms with Crippen LogP contribution in [0.5, 0.6) is 11.5 Å². The normalized spacial score (nSPS) is 13.7.